The summed E-state index contributed by atoms with van der Waals surface area (Å²) in [6, 6.07) is 0. The van der Waals surface area contributed by atoms with Crippen LogP contribution in [0, 0.1) is 5.92 Å². The lowest BCUT2D eigenvalue weighted by molar-refractivity contribution is -0.00562. The Morgan fingerprint density at radius 2 is 2.07 bits per heavy atom. The van der Waals surface area contributed by atoms with Gasteiger partial charge in [0, 0.05) is 0 Å². The molecule has 0 spiro atoms. The van der Waals surface area contributed by atoms with Crippen LogP contribution in [-0.4, -0.2) is 19.4 Å². The summed E-state index contributed by atoms with van der Waals surface area (Å²) in [4.78, 5) is 11.1. The van der Waals surface area contributed by atoms with E-state index in [-0.39, 0.29) is 6.10 Å². The van der Waals surface area contributed by atoms with E-state index < -0.39 is 6.16 Å². The first-order chi connectivity index (χ1) is 7.27. The van der Waals surface area contributed by atoms with Crippen molar-refractivity contribution in [2.75, 3.05) is 7.11 Å². The number of carbonyl (C=O) groups is 1. The van der Waals surface area contributed by atoms with Crippen molar-refractivity contribution >= 4 is 6.16 Å². The first-order valence-corrected chi connectivity index (χ1v) is 6.02. The van der Waals surface area contributed by atoms with Gasteiger partial charge in [0.05, 0.1) is 7.11 Å². The van der Waals surface area contributed by atoms with E-state index >= 15 is 0 Å². The third kappa shape index (κ3) is 4.10. The SMILES string of the molecule is CCCCC1CCCCC1OC(=O)OC. The number of methoxy groups -OCH3 is 1. The van der Waals surface area contributed by atoms with Gasteiger partial charge in [-0.3, -0.25) is 0 Å². The van der Waals surface area contributed by atoms with E-state index in [1.165, 1.54) is 45.6 Å². The van der Waals surface area contributed by atoms with Crippen LogP contribution in [0.25, 0.3) is 0 Å². The van der Waals surface area contributed by atoms with Gasteiger partial charge in [-0.2, -0.15) is 0 Å². The quantitative estimate of drug-likeness (QED) is 0.672. The molecule has 2 unspecified atom stereocenters. The van der Waals surface area contributed by atoms with E-state index in [1.807, 2.05) is 0 Å². The molecular weight excluding hydrogens is 192 g/mol. The highest BCUT2D eigenvalue weighted by Gasteiger charge is 2.27. The number of hydrogen-bond donors (Lipinski definition) is 0. The van der Waals surface area contributed by atoms with Crippen LogP contribution in [0.2, 0.25) is 0 Å². The Bertz CT molecular complexity index is 191. The second kappa shape index (κ2) is 6.70. The smallest absolute Gasteiger partial charge is 0.438 e. The molecule has 15 heavy (non-hydrogen) atoms. The van der Waals surface area contributed by atoms with Gasteiger partial charge in [-0.15, -0.1) is 0 Å². The fourth-order valence-electron chi connectivity index (χ4n) is 2.30. The average Bonchev–Trinajstić information content (AvgIpc) is 2.28. The zero-order valence-corrected chi connectivity index (χ0v) is 9.83. The van der Waals surface area contributed by atoms with Gasteiger partial charge in [0.25, 0.3) is 0 Å². The summed E-state index contributed by atoms with van der Waals surface area (Å²) in [6.07, 6.45) is 7.83. The molecule has 0 aromatic rings. The summed E-state index contributed by atoms with van der Waals surface area (Å²) in [6.45, 7) is 2.19. The van der Waals surface area contributed by atoms with Crippen LogP contribution >= 0.6 is 0 Å². The number of carbonyl (C=O) groups excluding carboxylic acids is 1. The zero-order valence-electron chi connectivity index (χ0n) is 9.83. The normalized spacial score (nSPS) is 26.0. The lowest BCUT2D eigenvalue weighted by Crippen LogP contribution is -2.30. The predicted molar refractivity (Wildman–Crippen MR) is 58.8 cm³/mol. The maximum atomic E-state index is 11.1. The minimum atomic E-state index is -0.525. The molecule has 0 aromatic carbocycles. The Morgan fingerprint density at radius 3 is 2.73 bits per heavy atom. The summed E-state index contributed by atoms with van der Waals surface area (Å²) in [7, 11) is 1.37. The van der Waals surface area contributed by atoms with Crippen LogP contribution in [0.5, 0.6) is 0 Å². The number of hydrogen-bond acceptors (Lipinski definition) is 3. The highest BCUT2D eigenvalue weighted by molar-refractivity contribution is 5.59. The highest BCUT2D eigenvalue weighted by atomic mass is 16.7. The molecule has 0 saturated heterocycles. The van der Waals surface area contributed by atoms with Gasteiger partial charge in [-0.1, -0.05) is 26.2 Å². The van der Waals surface area contributed by atoms with E-state index in [4.69, 9.17) is 4.74 Å². The second-order valence-electron chi connectivity index (χ2n) is 4.30. The van der Waals surface area contributed by atoms with Crippen molar-refractivity contribution in [3.63, 3.8) is 0 Å². The largest absolute Gasteiger partial charge is 0.508 e. The van der Waals surface area contributed by atoms with Gasteiger partial charge < -0.3 is 9.47 Å². The van der Waals surface area contributed by atoms with Gasteiger partial charge in [-0.25, -0.2) is 4.79 Å². The van der Waals surface area contributed by atoms with Crippen molar-refractivity contribution in [2.24, 2.45) is 5.92 Å². The Labute approximate surface area is 92.1 Å². The summed E-state index contributed by atoms with van der Waals surface area (Å²) >= 11 is 0. The van der Waals surface area contributed by atoms with E-state index in [1.54, 1.807) is 0 Å². The standard InChI is InChI=1S/C12H22O3/c1-3-4-7-10-8-5-6-9-11(10)15-12(13)14-2/h10-11H,3-9H2,1-2H3. The van der Waals surface area contributed by atoms with Crippen LogP contribution in [0.15, 0.2) is 0 Å². The summed E-state index contributed by atoms with van der Waals surface area (Å²) in [5, 5.41) is 0. The molecule has 2 atom stereocenters. The Hall–Kier alpha value is -0.730. The first kappa shape index (κ1) is 12.3. The first-order valence-electron chi connectivity index (χ1n) is 6.02. The van der Waals surface area contributed by atoms with Crippen LogP contribution in [0.1, 0.15) is 51.9 Å². The van der Waals surface area contributed by atoms with E-state index in [0.29, 0.717) is 5.92 Å². The molecule has 1 rings (SSSR count). The number of rotatable bonds is 4. The van der Waals surface area contributed by atoms with Crippen LogP contribution in [0.3, 0.4) is 0 Å². The van der Waals surface area contributed by atoms with E-state index in [0.717, 1.165) is 6.42 Å². The summed E-state index contributed by atoms with van der Waals surface area (Å²) in [5.74, 6) is 0.554. The lowest BCUT2D eigenvalue weighted by Gasteiger charge is -2.30. The maximum Gasteiger partial charge on any atom is 0.508 e. The minimum absolute atomic E-state index is 0.0951. The van der Waals surface area contributed by atoms with Crippen LogP contribution in [-0.2, 0) is 9.47 Å². The third-order valence-corrected chi connectivity index (χ3v) is 3.18. The van der Waals surface area contributed by atoms with E-state index in [9.17, 15) is 4.79 Å². The second-order valence-corrected chi connectivity index (χ2v) is 4.30. The molecule has 3 heteroatoms. The molecule has 0 aromatic heterocycles. The number of unbranched alkanes of at least 4 members (excludes halogenated alkanes) is 1. The molecule has 1 aliphatic carbocycles. The van der Waals surface area contributed by atoms with Gasteiger partial charge in [0.1, 0.15) is 6.10 Å². The summed E-state index contributed by atoms with van der Waals surface area (Å²) < 4.78 is 9.83. The Morgan fingerprint density at radius 1 is 1.33 bits per heavy atom. The molecule has 1 saturated carbocycles. The van der Waals surface area contributed by atoms with Gasteiger partial charge in [0.2, 0.25) is 0 Å². The molecule has 0 amide bonds. The van der Waals surface area contributed by atoms with E-state index in [2.05, 4.69) is 11.7 Å². The van der Waals surface area contributed by atoms with Crippen molar-refractivity contribution in [1.82, 2.24) is 0 Å². The Kier molecular flexibility index (Phi) is 5.51. The third-order valence-electron chi connectivity index (χ3n) is 3.18. The lowest BCUT2D eigenvalue weighted by atomic mass is 9.83. The van der Waals surface area contributed by atoms with Crippen LogP contribution < -0.4 is 0 Å². The molecule has 3 nitrogen and oxygen atoms in total. The molecule has 0 aliphatic heterocycles. The minimum Gasteiger partial charge on any atom is -0.438 e. The van der Waals surface area contributed by atoms with Crippen molar-refractivity contribution in [1.29, 1.82) is 0 Å². The van der Waals surface area contributed by atoms with Crippen LogP contribution in [0.4, 0.5) is 4.79 Å². The molecule has 0 N–H and O–H groups in total. The highest BCUT2D eigenvalue weighted by Crippen LogP contribution is 2.30. The fourth-order valence-corrected chi connectivity index (χ4v) is 2.30. The predicted octanol–water partition coefficient (Wildman–Crippen LogP) is 3.52. The molecular formula is C12H22O3. The Balaban J connectivity index is 2.38. The molecule has 0 radical (unpaired) electrons. The van der Waals surface area contributed by atoms with Crippen molar-refractivity contribution in [3.05, 3.63) is 0 Å². The fraction of sp³-hybridized carbons (Fsp3) is 0.917. The monoisotopic (exact) mass is 214 g/mol. The molecule has 0 heterocycles. The average molecular weight is 214 g/mol. The topological polar surface area (TPSA) is 35.5 Å². The maximum absolute atomic E-state index is 11.1. The molecule has 1 aliphatic rings. The van der Waals surface area contributed by atoms with Crippen molar-refractivity contribution in [3.8, 4) is 0 Å². The van der Waals surface area contributed by atoms with Crippen molar-refractivity contribution in [2.45, 2.75) is 58.0 Å². The van der Waals surface area contributed by atoms with Gasteiger partial charge in [0.15, 0.2) is 0 Å². The number of ether oxygens (including phenoxy) is 2. The van der Waals surface area contributed by atoms with Gasteiger partial charge >= 0.3 is 6.16 Å². The zero-order chi connectivity index (χ0) is 11.1. The van der Waals surface area contributed by atoms with Gasteiger partial charge in [-0.05, 0) is 31.6 Å². The van der Waals surface area contributed by atoms with Crippen molar-refractivity contribution < 1.29 is 14.3 Å². The molecule has 88 valence electrons. The molecule has 0 bridgehead atoms. The summed E-state index contributed by atoms with van der Waals surface area (Å²) in [5.41, 5.74) is 0. The molecule has 1 fully saturated rings.